The first-order chi connectivity index (χ1) is 21.3. The molecule has 3 aromatic carbocycles. The average Bonchev–Trinajstić information content (AvgIpc) is 3.80. The van der Waals surface area contributed by atoms with E-state index in [0.29, 0.717) is 5.75 Å². The van der Waals surface area contributed by atoms with E-state index in [-0.39, 0.29) is 18.6 Å². The number of phosphoric acid groups is 1. The number of phosphoric ester groups is 1. The van der Waals surface area contributed by atoms with Gasteiger partial charge >= 0.3 is 7.82 Å². The maximum Gasteiger partial charge on any atom is 0.524 e. The van der Waals surface area contributed by atoms with Crippen LogP contribution in [0.15, 0.2) is 66.7 Å². The minimum absolute atomic E-state index is 0.105. The number of hydrogen-bond acceptors (Lipinski definition) is 7. The predicted molar refractivity (Wildman–Crippen MR) is 170 cm³/mol. The van der Waals surface area contributed by atoms with Gasteiger partial charge in [-0.05, 0) is 123 Å². The Labute approximate surface area is 259 Å². The molecule has 0 aromatic heterocycles. The van der Waals surface area contributed by atoms with Crippen molar-refractivity contribution in [3.63, 3.8) is 0 Å². The molecule has 0 unspecified atom stereocenters. The molecular formula is C34H41N2O7P. The zero-order chi connectivity index (χ0) is 30.5. The lowest BCUT2D eigenvalue weighted by atomic mass is 9.88. The molecule has 6 rings (SSSR count). The van der Waals surface area contributed by atoms with Crippen LogP contribution in [0.3, 0.4) is 0 Å². The highest BCUT2D eigenvalue weighted by Crippen LogP contribution is 2.41. The third-order valence-corrected chi connectivity index (χ3v) is 8.96. The molecule has 0 aliphatic carbocycles. The summed E-state index contributed by atoms with van der Waals surface area (Å²) in [4.78, 5) is 23.6. The monoisotopic (exact) mass is 620 g/mol. The van der Waals surface area contributed by atoms with Crippen LogP contribution in [0.1, 0.15) is 55.7 Å². The van der Waals surface area contributed by atoms with Crippen LogP contribution in [0.5, 0.6) is 23.0 Å². The van der Waals surface area contributed by atoms with E-state index in [1.54, 1.807) is 12.1 Å². The van der Waals surface area contributed by atoms with Crippen molar-refractivity contribution in [2.24, 2.45) is 0 Å². The summed E-state index contributed by atoms with van der Waals surface area (Å²) >= 11 is 0. The number of allylic oxidation sites excluding steroid dienone is 1. The first-order valence-electron chi connectivity index (χ1n) is 15.5. The van der Waals surface area contributed by atoms with Crippen molar-refractivity contribution in [1.29, 1.82) is 0 Å². The second-order valence-electron chi connectivity index (χ2n) is 11.7. The van der Waals surface area contributed by atoms with Gasteiger partial charge in [0.05, 0.1) is 0 Å². The highest BCUT2D eigenvalue weighted by atomic mass is 31.2. The van der Waals surface area contributed by atoms with Gasteiger partial charge in [0.2, 0.25) is 6.79 Å². The van der Waals surface area contributed by atoms with E-state index in [1.165, 1.54) is 25.7 Å². The van der Waals surface area contributed by atoms with E-state index in [4.69, 9.17) is 18.7 Å². The van der Waals surface area contributed by atoms with Gasteiger partial charge in [0.1, 0.15) is 17.6 Å². The second kappa shape index (κ2) is 13.8. The van der Waals surface area contributed by atoms with Crippen molar-refractivity contribution in [3.05, 3.63) is 83.4 Å². The van der Waals surface area contributed by atoms with Gasteiger partial charge in [-0.1, -0.05) is 37.3 Å². The molecule has 0 amide bonds. The molecule has 0 radical (unpaired) electrons. The lowest BCUT2D eigenvalue weighted by molar-refractivity contribution is 0.109. The molecule has 9 nitrogen and oxygen atoms in total. The molecule has 2 saturated heterocycles. The predicted octanol–water partition coefficient (Wildman–Crippen LogP) is 6.19. The average molecular weight is 621 g/mol. The van der Waals surface area contributed by atoms with E-state index in [9.17, 15) is 14.4 Å². The van der Waals surface area contributed by atoms with Gasteiger partial charge < -0.3 is 18.7 Å². The summed E-state index contributed by atoms with van der Waals surface area (Å²) in [5, 5.41) is 0. The Hall–Kier alpha value is -3.33. The number of fused-ring (bicyclic) bond motifs is 1. The summed E-state index contributed by atoms with van der Waals surface area (Å²) in [6, 6.07) is 21.1. The van der Waals surface area contributed by atoms with E-state index in [0.717, 1.165) is 85.0 Å². The molecule has 44 heavy (non-hydrogen) atoms. The Morgan fingerprint density at radius 1 is 0.773 bits per heavy atom. The zero-order valence-electron chi connectivity index (χ0n) is 25.2. The number of benzene rings is 3. The normalized spacial score (nSPS) is 17.7. The Morgan fingerprint density at radius 3 is 1.84 bits per heavy atom. The molecule has 3 heterocycles. The Kier molecular flexibility index (Phi) is 9.59. The first kappa shape index (κ1) is 30.7. The van der Waals surface area contributed by atoms with Crippen LogP contribution in [0.25, 0.3) is 11.1 Å². The fourth-order valence-electron chi connectivity index (χ4n) is 6.48. The maximum atomic E-state index is 11.4. The second-order valence-corrected chi connectivity index (χ2v) is 12.8. The highest BCUT2D eigenvalue weighted by Gasteiger charge is 2.24. The van der Waals surface area contributed by atoms with Crippen LogP contribution in [-0.2, 0) is 4.57 Å². The molecule has 234 valence electrons. The topological polar surface area (TPSA) is 101 Å². The van der Waals surface area contributed by atoms with Crippen molar-refractivity contribution >= 4 is 19.0 Å². The number of rotatable bonds is 12. The molecule has 3 aromatic rings. The van der Waals surface area contributed by atoms with Crippen LogP contribution >= 0.6 is 7.82 Å². The van der Waals surface area contributed by atoms with E-state index < -0.39 is 7.82 Å². The summed E-state index contributed by atoms with van der Waals surface area (Å²) in [6.07, 6.45) is 5.88. The Morgan fingerprint density at radius 2 is 1.30 bits per heavy atom. The third kappa shape index (κ3) is 7.65. The van der Waals surface area contributed by atoms with Gasteiger partial charge in [-0.2, -0.15) is 0 Å². The number of nitrogens with zero attached hydrogens (tertiary/aromatic N) is 2. The van der Waals surface area contributed by atoms with Gasteiger partial charge in [0.25, 0.3) is 0 Å². The maximum absolute atomic E-state index is 11.4. The van der Waals surface area contributed by atoms with Crippen LogP contribution in [0.2, 0.25) is 0 Å². The largest absolute Gasteiger partial charge is 0.524 e. The fraction of sp³-hybridized carbons (Fsp3) is 0.412. The van der Waals surface area contributed by atoms with Gasteiger partial charge in [0, 0.05) is 13.1 Å². The standard InChI is InChI=1S/C34H41N2O7P/c1-2-31(27-11-16-32-33(21-27)41-24-40-32)34(26-9-14-29(15-10-26)43-44(37,38)39)25-7-12-28(13-8-25)42-30(22-35-17-3-4-18-35)23-36-19-5-6-20-36/h7-16,21,30H,2-6,17-20,22-24H2,1H3,(H2,37,38,39). The molecule has 10 heteroatoms. The van der Waals surface area contributed by atoms with Gasteiger partial charge in [-0.3, -0.25) is 19.6 Å². The van der Waals surface area contributed by atoms with Crippen molar-refractivity contribution in [1.82, 2.24) is 9.80 Å². The number of likely N-dealkylation sites (tertiary alicyclic amines) is 2. The summed E-state index contributed by atoms with van der Waals surface area (Å²) in [5.74, 6) is 2.39. The molecule has 2 N–H and O–H groups in total. The minimum atomic E-state index is -4.66. The lowest BCUT2D eigenvalue weighted by Gasteiger charge is -2.28. The summed E-state index contributed by atoms with van der Waals surface area (Å²) in [5.41, 5.74) is 5.02. The number of hydrogen-bond donors (Lipinski definition) is 2. The van der Waals surface area contributed by atoms with E-state index >= 15 is 0 Å². The highest BCUT2D eigenvalue weighted by molar-refractivity contribution is 7.46. The smallest absolute Gasteiger partial charge is 0.488 e. The number of ether oxygens (including phenoxy) is 3. The molecule has 0 spiro atoms. The van der Waals surface area contributed by atoms with Crippen molar-refractivity contribution in [2.45, 2.75) is 45.1 Å². The molecule has 3 aliphatic heterocycles. The zero-order valence-corrected chi connectivity index (χ0v) is 26.1. The van der Waals surface area contributed by atoms with Crippen molar-refractivity contribution in [2.75, 3.05) is 46.1 Å². The van der Waals surface area contributed by atoms with Gasteiger partial charge in [0.15, 0.2) is 11.5 Å². The minimum Gasteiger partial charge on any atom is -0.488 e. The Balaban J connectivity index is 1.31. The molecular weight excluding hydrogens is 579 g/mol. The summed E-state index contributed by atoms with van der Waals surface area (Å²) in [6.45, 7) is 8.78. The SMILES string of the molecule is CCC(=C(c1ccc(OC(CN2CCCC2)CN2CCCC2)cc1)c1ccc(OP(=O)(O)O)cc1)c1ccc2c(c1)OCO2. The fourth-order valence-corrected chi connectivity index (χ4v) is 6.87. The third-order valence-electron chi connectivity index (χ3n) is 8.51. The van der Waals surface area contributed by atoms with Gasteiger partial charge in [-0.25, -0.2) is 4.57 Å². The first-order valence-corrected chi connectivity index (χ1v) is 17.1. The van der Waals surface area contributed by atoms with Crippen LogP contribution in [0, 0.1) is 0 Å². The molecule has 0 atom stereocenters. The van der Waals surface area contributed by atoms with Crippen molar-refractivity contribution < 1.29 is 33.1 Å². The van der Waals surface area contributed by atoms with Crippen LogP contribution in [-0.4, -0.2) is 71.8 Å². The molecule has 3 aliphatic rings. The molecule has 0 bridgehead atoms. The summed E-state index contributed by atoms with van der Waals surface area (Å²) < 4.78 is 34.1. The van der Waals surface area contributed by atoms with E-state index in [1.807, 2.05) is 30.3 Å². The quantitative estimate of drug-likeness (QED) is 0.181. The summed E-state index contributed by atoms with van der Waals surface area (Å²) in [7, 11) is -4.66. The molecule has 0 saturated carbocycles. The Bertz CT molecular complexity index is 1470. The van der Waals surface area contributed by atoms with Gasteiger partial charge in [-0.15, -0.1) is 0 Å². The van der Waals surface area contributed by atoms with Crippen molar-refractivity contribution in [3.8, 4) is 23.0 Å². The van der Waals surface area contributed by atoms with Crippen LogP contribution < -0.4 is 18.7 Å². The molecule has 2 fully saturated rings. The van der Waals surface area contributed by atoms with Crippen LogP contribution in [0.4, 0.5) is 0 Å². The van der Waals surface area contributed by atoms with E-state index in [2.05, 4.69) is 41.0 Å². The lowest BCUT2D eigenvalue weighted by Crippen LogP contribution is -2.41.